The highest BCUT2D eigenvalue weighted by Crippen LogP contribution is 2.25. The number of carbonyl (C=O) groups is 1. The monoisotopic (exact) mass is 654 g/mol. The predicted octanol–water partition coefficient (Wildman–Crippen LogP) is 5.43. The minimum absolute atomic E-state index is 0. The molecular formula is C31H39ClN8O4S. The smallest absolute Gasteiger partial charge is 0.322 e. The van der Waals surface area contributed by atoms with Crippen LogP contribution >= 0.6 is 12.4 Å². The van der Waals surface area contributed by atoms with Gasteiger partial charge in [-0.1, -0.05) is 37.6 Å². The first-order chi connectivity index (χ1) is 21.3. The Morgan fingerprint density at radius 1 is 1.04 bits per heavy atom. The topological polar surface area (TPSA) is 145 Å². The molecule has 1 aliphatic heterocycles. The van der Waals surface area contributed by atoms with Crippen molar-refractivity contribution in [2.24, 2.45) is 0 Å². The zero-order valence-corrected chi connectivity index (χ0v) is 27.0. The van der Waals surface area contributed by atoms with Gasteiger partial charge in [-0.05, 0) is 78.6 Å². The van der Waals surface area contributed by atoms with Crippen LogP contribution in [0.3, 0.4) is 0 Å². The van der Waals surface area contributed by atoms with E-state index in [1.54, 1.807) is 24.3 Å². The standard InChI is InChI=1S/C31H38N8O4S.ClH/c1-3-4-18-39(27-7-5-6-24(21-27)30-33-36-37-34-30)31(40)32-25-16-19-38(20-17-25)22-23-8-12-28(13-9-23)43-29-14-10-26(11-15-29)35-44(2,41)42;/h5-15,21,25,35H,3-4,16-20,22H2,1-2H3,(H,32,40)(H,33,34,36,37);1H. The van der Waals surface area contributed by atoms with E-state index in [1.807, 2.05) is 41.3 Å². The number of hydrogen-bond acceptors (Lipinski definition) is 8. The van der Waals surface area contributed by atoms with E-state index in [-0.39, 0.29) is 24.5 Å². The Morgan fingerprint density at radius 2 is 1.73 bits per heavy atom. The number of carbonyl (C=O) groups excluding carboxylic acids is 1. The quantitative estimate of drug-likeness (QED) is 0.183. The lowest BCUT2D eigenvalue weighted by Gasteiger charge is -2.34. The summed E-state index contributed by atoms with van der Waals surface area (Å²) in [6.45, 7) is 5.34. The first kappa shape index (κ1) is 33.7. The predicted molar refractivity (Wildman–Crippen MR) is 177 cm³/mol. The van der Waals surface area contributed by atoms with Gasteiger partial charge in [-0.3, -0.25) is 14.5 Å². The van der Waals surface area contributed by atoms with Gasteiger partial charge in [0.2, 0.25) is 15.8 Å². The number of rotatable bonds is 12. The second-order valence-electron chi connectivity index (χ2n) is 10.9. The van der Waals surface area contributed by atoms with Gasteiger partial charge in [-0.25, -0.2) is 13.2 Å². The van der Waals surface area contributed by atoms with E-state index in [2.05, 4.69) is 54.6 Å². The van der Waals surface area contributed by atoms with Crippen LogP contribution in [0, 0.1) is 0 Å². The number of H-pyrrole nitrogens is 1. The molecule has 0 bridgehead atoms. The van der Waals surface area contributed by atoms with Crippen LogP contribution in [-0.4, -0.2) is 71.9 Å². The second-order valence-corrected chi connectivity index (χ2v) is 12.7. The van der Waals surface area contributed by atoms with Crippen molar-refractivity contribution in [3.8, 4) is 22.9 Å². The maximum atomic E-state index is 13.4. The van der Waals surface area contributed by atoms with Crippen LogP contribution in [-0.2, 0) is 16.6 Å². The van der Waals surface area contributed by atoms with Gasteiger partial charge in [0, 0.05) is 49.2 Å². The summed E-state index contributed by atoms with van der Waals surface area (Å²) in [5.74, 6) is 1.82. The molecule has 0 spiro atoms. The third-order valence-electron chi connectivity index (χ3n) is 7.38. The van der Waals surface area contributed by atoms with Crippen LogP contribution in [0.5, 0.6) is 11.5 Å². The fourth-order valence-electron chi connectivity index (χ4n) is 5.11. The number of nitrogens with one attached hydrogen (secondary N) is 3. The number of halogens is 1. The number of unbranched alkanes of at least 4 members (excludes halogenated alkanes) is 1. The second kappa shape index (κ2) is 15.7. The molecule has 5 rings (SSSR count). The number of urea groups is 1. The third-order valence-corrected chi connectivity index (χ3v) is 7.99. The maximum Gasteiger partial charge on any atom is 0.322 e. The SMILES string of the molecule is CCCCN(C(=O)NC1CCN(Cc2ccc(Oc3ccc(NS(C)(=O)=O)cc3)cc2)CC1)c1cccc(-c2nn[nH]n2)c1.Cl. The molecule has 1 aromatic heterocycles. The average molecular weight is 655 g/mol. The number of anilines is 2. The molecule has 1 aliphatic rings. The normalized spacial score (nSPS) is 13.9. The van der Waals surface area contributed by atoms with Crippen LogP contribution in [0.1, 0.15) is 38.2 Å². The molecule has 1 saturated heterocycles. The van der Waals surface area contributed by atoms with Crippen molar-refractivity contribution >= 4 is 39.8 Å². The number of ether oxygens (including phenoxy) is 1. The molecule has 1 fully saturated rings. The molecule has 240 valence electrons. The van der Waals surface area contributed by atoms with Crippen LogP contribution < -0.4 is 19.7 Å². The Bertz CT molecular complexity index is 1610. The molecule has 0 saturated carbocycles. The van der Waals surface area contributed by atoms with Gasteiger partial charge >= 0.3 is 6.03 Å². The van der Waals surface area contributed by atoms with Gasteiger partial charge < -0.3 is 10.1 Å². The summed E-state index contributed by atoms with van der Waals surface area (Å²) in [5, 5.41) is 17.5. The van der Waals surface area contributed by atoms with Gasteiger partial charge in [-0.2, -0.15) is 5.21 Å². The average Bonchev–Trinajstić information content (AvgIpc) is 3.55. The molecule has 0 aliphatic carbocycles. The number of amides is 2. The molecule has 4 aromatic rings. The van der Waals surface area contributed by atoms with Crippen molar-refractivity contribution < 1.29 is 17.9 Å². The highest BCUT2D eigenvalue weighted by atomic mass is 35.5. The molecule has 2 amide bonds. The fraction of sp³-hybridized carbons (Fsp3) is 0.355. The summed E-state index contributed by atoms with van der Waals surface area (Å²) in [7, 11) is -3.32. The largest absolute Gasteiger partial charge is 0.457 e. The molecule has 2 heterocycles. The number of piperidine rings is 1. The van der Waals surface area contributed by atoms with Crippen molar-refractivity contribution in [1.82, 2.24) is 30.8 Å². The fourth-order valence-corrected chi connectivity index (χ4v) is 5.68. The van der Waals surface area contributed by atoms with Crippen molar-refractivity contribution in [2.45, 2.75) is 45.2 Å². The van der Waals surface area contributed by atoms with Crippen LogP contribution in [0.4, 0.5) is 16.2 Å². The number of sulfonamides is 1. The highest BCUT2D eigenvalue weighted by Gasteiger charge is 2.24. The number of tetrazole rings is 1. The summed E-state index contributed by atoms with van der Waals surface area (Å²) in [4.78, 5) is 17.6. The minimum Gasteiger partial charge on any atom is -0.457 e. The van der Waals surface area contributed by atoms with Crippen LogP contribution in [0.2, 0.25) is 0 Å². The number of nitrogens with zero attached hydrogens (tertiary/aromatic N) is 5. The van der Waals surface area contributed by atoms with Gasteiger partial charge in [-0.15, -0.1) is 22.6 Å². The van der Waals surface area contributed by atoms with Gasteiger partial charge in [0.1, 0.15) is 11.5 Å². The highest BCUT2D eigenvalue weighted by molar-refractivity contribution is 7.92. The number of aromatic nitrogens is 4. The maximum absolute atomic E-state index is 13.4. The molecule has 0 atom stereocenters. The summed E-state index contributed by atoms with van der Waals surface area (Å²) in [6, 6.07) is 22.4. The minimum atomic E-state index is -3.32. The lowest BCUT2D eigenvalue weighted by atomic mass is 10.0. The van der Waals surface area contributed by atoms with E-state index >= 15 is 0 Å². The lowest BCUT2D eigenvalue weighted by molar-refractivity contribution is 0.188. The van der Waals surface area contributed by atoms with Gasteiger partial charge in [0.25, 0.3) is 0 Å². The van der Waals surface area contributed by atoms with E-state index in [0.29, 0.717) is 29.6 Å². The van der Waals surface area contributed by atoms with E-state index in [0.717, 1.165) is 62.8 Å². The Kier molecular flexibility index (Phi) is 11.7. The number of aromatic amines is 1. The number of likely N-dealkylation sites (tertiary alicyclic amines) is 1. The first-order valence-corrected chi connectivity index (χ1v) is 16.6. The Balaban J connectivity index is 0.00000461. The Morgan fingerprint density at radius 3 is 2.36 bits per heavy atom. The van der Waals surface area contributed by atoms with Crippen LogP contribution in [0.15, 0.2) is 72.8 Å². The number of benzene rings is 3. The van der Waals surface area contributed by atoms with E-state index in [1.165, 1.54) is 5.56 Å². The van der Waals surface area contributed by atoms with E-state index in [9.17, 15) is 13.2 Å². The summed E-state index contributed by atoms with van der Waals surface area (Å²) in [5.41, 5.74) is 3.28. The Labute approximate surface area is 270 Å². The lowest BCUT2D eigenvalue weighted by Crippen LogP contribution is -2.49. The molecule has 0 unspecified atom stereocenters. The summed E-state index contributed by atoms with van der Waals surface area (Å²) >= 11 is 0. The van der Waals surface area contributed by atoms with E-state index in [4.69, 9.17) is 4.74 Å². The summed E-state index contributed by atoms with van der Waals surface area (Å²) in [6.07, 6.45) is 4.75. The third kappa shape index (κ3) is 9.90. The van der Waals surface area contributed by atoms with E-state index < -0.39 is 10.0 Å². The first-order valence-electron chi connectivity index (χ1n) is 14.7. The van der Waals surface area contributed by atoms with Crippen molar-refractivity contribution in [1.29, 1.82) is 0 Å². The van der Waals surface area contributed by atoms with Crippen LogP contribution in [0.25, 0.3) is 11.4 Å². The van der Waals surface area contributed by atoms with Crippen molar-refractivity contribution in [3.05, 3.63) is 78.4 Å². The number of hydrogen-bond donors (Lipinski definition) is 3. The van der Waals surface area contributed by atoms with Crippen molar-refractivity contribution in [3.63, 3.8) is 0 Å². The Hall–Kier alpha value is -4.20. The molecule has 0 radical (unpaired) electrons. The van der Waals surface area contributed by atoms with Gasteiger partial charge in [0.15, 0.2) is 0 Å². The van der Waals surface area contributed by atoms with Crippen molar-refractivity contribution in [2.75, 3.05) is 35.5 Å². The zero-order chi connectivity index (χ0) is 30.9. The molecule has 14 heteroatoms. The molecule has 12 nitrogen and oxygen atoms in total. The molecule has 3 aromatic carbocycles. The molecule has 45 heavy (non-hydrogen) atoms. The van der Waals surface area contributed by atoms with Gasteiger partial charge in [0.05, 0.1) is 6.26 Å². The molecule has 3 N–H and O–H groups in total. The zero-order valence-electron chi connectivity index (χ0n) is 25.3. The molecular weight excluding hydrogens is 616 g/mol. The summed E-state index contributed by atoms with van der Waals surface area (Å²) < 4.78 is 31.1.